The zero-order valence-corrected chi connectivity index (χ0v) is 20.1. The van der Waals surface area contributed by atoms with E-state index in [9.17, 15) is 9.59 Å². The fourth-order valence-corrected chi connectivity index (χ4v) is 6.95. The molecule has 0 aliphatic heterocycles. The number of fused-ring (bicyclic) bond motifs is 5. The molecule has 4 nitrogen and oxygen atoms in total. The van der Waals surface area contributed by atoms with E-state index < -0.39 is 12.2 Å². The predicted molar refractivity (Wildman–Crippen MR) is 127 cm³/mol. The lowest BCUT2D eigenvalue weighted by atomic mass is 9.69. The lowest BCUT2D eigenvalue weighted by Gasteiger charge is -2.42. The number of carbonyl (C=O) groups excluding carboxylic acids is 2. The second-order valence-electron chi connectivity index (χ2n) is 10.8. The minimum atomic E-state index is -0.395. The first-order valence-corrected chi connectivity index (χ1v) is 12.4. The van der Waals surface area contributed by atoms with Gasteiger partial charge in [-0.2, -0.15) is 0 Å². The van der Waals surface area contributed by atoms with Crippen molar-refractivity contribution in [1.82, 2.24) is 0 Å². The van der Waals surface area contributed by atoms with Crippen molar-refractivity contribution < 1.29 is 19.1 Å². The van der Waals surface area contributed by atoms with E-state index in [-0.39, 0.29) is 11.9 Å². The smallest absolute Gasteiger partial charge is 0.338 e. The van der Waals surface area contributed by atoms with Crippen molar-refractivity contribution in [3.8, 4) is 0 Å². The molecule has 33 heavy (non-hydrogen) atoms. The molecule has 3 fully saturated rings. The summed E-state index contributed by atoms with van der Waals surface area (Å²) in [4.78, 5) is 26.2. The molecule has 0 amide bonds. The molecule has 0 saturated heterocycles. The first-order valence-electron chi connectivity index (χ1n) is 12.4. The maximum Gasteiger partial charge on any atom is 0.338 e. The van der Waals surface area contributed by atoms with Crippen molar-refractivity contribution in [3.05, 3.63) is 69.8 Å². The van der Waals surface area contributed by atoms with Crippen LogP contribution in [-0.2, 0) is 9.47 Å². The molecule has 3 aliphatic rings. The van der Waals surface area contributed by atoms with Gasteiger partial charge in [-0.05, 0) is 108 Å². The van der Waals surface area contributed by atoms with Crippen LogP contribution in [0.2, 0.25) is 0 Å². The van der Waals surface area contributed by atoms with Crippen LogP contribution < -0.4 is 0 Å². The van der Waals surface area contributed by atoms with Crippen molar-refractivity contribution in [1.29, 1.82) is 0 Å². The molecule has 3 saturated carbocycles. The summed E-state index contributed by atoms with van der Waals surface area (Å²) in [5.41, 5.74) is 5.30. The molecular weight excluding hydrogens is 412 g/mol. The Balaban J connectivity index is 1.38. The monoisotopic (exact) mass is 446 g/mol. The van der Waals surface area contributed by atoms with E-state index in [1.54, 1.807) is 0 Å². The minimum Gasteiger partial charge on any atom is -0.455 e. The number of carbonyl (C=O) groups is 2. The molecule has 6 unspecified atom stereocenters. The van der Waals surface area contributed by atoms with Crippen LogP contribution in [0.15, 0.2) is 36.4 Å². The highest BCUT2D eigenvalue weighted by molar-refractivity contribution is 5.91. The van der Waals surface area contributed by atoms with Crippen LogP contribution in [-0.4, -0.2) is 24.1 Å². The molecule has 4 heteroatoms. The molecular formula is C29H34O4. The van der Waals surface area contributed by atoms with E-state index in [2.05, 4.69) is 0 Å². The Morgan fingerprint density at radius 3 is 1.33 bits per heavy atom. The van der Waals surface area contributed by atoms with Crippen LogP contribution in [0.3, 0.4) is 0 Å². The minimum absolute atomic E-state index is 0.319. The summed E-state index contributed by atoms with van der Waals surface area (Å²) in [5.74, 6) is 1.99. The van der Waals surface area contributed by atoms with Gasteiger partial charge in [-0.15, -0.1) is 0 Å². The molecule has 0 heterocycles. The third-order valence-corrected chi connectivity index (χ3v) is 8.13. The molecule has 3 aliphatic carbocycles. The van der Waals surface area contributed by atoms with Crippen LogP contribution in [0.5, 0.6) is 0 Å². The normalized spacial score (nSPS) is 30.1. The Bertz CT molecular complexity index is 961. The van der Waals surface area contributed by atoms with E-state index in [1.807, 2.05) is 64.1 Å². The van der Waals surface area contributed by atoms with Gasteiger partial charge in [0.15, 0.2) is 0 Å². The molecule has 2 bridgehead atoms. The summed E-state index contributed by atoms with van der Waals surface area (Å²) in [5, 5.41) is 0. The van der Waals surface area contributed by atoms with Gasteiger partial charge >= 0.3 is 11.9 Å². The number of benzene rings is 2. The average Bonchev–Trinajstić information content (AvgIpc) is 3.35. The van der Waals surface area contributed by atoms with E-state index in [1.165, 1.54) is 19.3 Å². The summed E-state index contributed by atoms with van der Waals surface area (Å²) in [6.07, 6.45) is 4.67. The fraction of sp³-hybridized carbons (Fsp3) is 0.517. The number of esters is 2. The summed E-state index contributed by atoms with van der Waals surface area (Å²) in [6.45, 7) is 7.94. The van der Waals surface area contributed by atoms with Crippen LogP contribution >= 0.6 is 0 Å². The van der Waals surface area contributed by atoms with Gasteiger partial charge in [0.2, 0.25) is 0 Å². The molecule has 5 rings (SSSR count). The Kier molecular flexibility index (Phi) is 5.80. The maximum absolute atomic E-state index is 13.1. The molecule has 0 radical (unpaired) electrons. The third kappa shape index (κ3) is 4.45. The lowest BCUT2D eigenvalue weighted by molar-refractivity contribution is -0.0822. The number of hydrogen-bond acceptors (Lipinski definition) is 4. The second-order valence-corrected chi connectivity index (χ2v) is 10.8. The van der Waals surface area contributed by atoms with E-state index in [0.29, 0.717) is 23.0 Å². The van der Waals surface area contributed by atoms with E-state index >= 15 is 0 Å². The Labute approximate surface area is 196 Å². The highest BCUT2D eigenvalue weighted by atomic mass is 16.6. The van der Waals surface area contributed by atoms with Gasteiger partial charge in [-0.25, -0.2) is 9.59 Å². The van der Waals surface area contributed by atoms with Gasteiger partial charge in [-0.1, -0.05) is 34.4 Å². The molecule has 0 spiro atoms. The van der Waals surface area contributed by atoms with Crippen LogP contribution in [0.1, 0.15) is 75.1 Å². The Hall–Kier alpha value is -2.62. The molecule has 0 N–H and O–H groups in total. The van der Waals surface area contributed by atoms with E-state index in [4.69, 9.17) is 9.47 Å². The quantitative estimate of drug-likeness (QED) is 0.530. The van der Waals surface area contributed by atoms with Crippen LogP contribution in [0.25, 0.3) is 0 Å². The van der Waals surface area contributed by atoms with Crippen molar-refractivity contribution in [2.75, 3.05) is 0 Å². The van der Waals surface area contributed by atoms with Gasteiger partial charge in [-0.3, -0.25) is 0 Å². The molecule has 6 atom stereocenters. The van der Waals surface area contributed by atoms with Crippen molar-refractivity contribution in [2.45, 2.75) is 72.0 Å². The van der Waals surface area contributed by atoms with Crippen LogP contribution in [0, 0.1) is 51.4 Å². The predicted octanol–water partition coefficient (Wildman–Crippen LogP) is 6.13. The van der Waals surface area contributed by atoms with Gasteiger partial charge in [0, 0.05) is 0 Å². The highest BCUT2D eigenvalue weighted by Gasteiger charge is 2.53. The van der Waals surface area contributed by atoms with Gasteiger partial charge in [0.1, 0.15) is 12.2 Å². The molecule has 2 aromatic rings. The summed E-state index contributed by atoms with van der Waals surface area (Å²) < 4.78 is 12.2. The first-order chi connectivity index (χ1) is 15.8. The van der Waals surface area contributed by atoms with Crippen LogP contribution in [0.4, 0.5) is 0 Å². The summed E-state index contributed by atoms with van der Waals surface area (Å²) >= 11 is 0. The van der Waals surface area contributed by atoms with Gasteiger partial charge in [0.25, 0.3) is 0 Å². The fourth-order valence-electron chi connectivity index (χ4n) is 6.95. The number of rotatable bonds is 4. The number of aryl methyl sites for hydroxylation is 4. The number of hydrogen-bond donors (Lipinski definition) is 0. The van der Waals surface area contributed by atoms with E-state index in [0.717, 1.165) is 46.9 Å². The second kappa shape index (κ2) is 8.62. The third-order valence-electron chi connectivity index (χ3n) is 8.13. The summed E-state index contributed by atoms with van der Waals surface area (Å²) in [6, 6.07) is 11.6. The zero-order chi connectivity index (χ0) is 23.3. The van der Waals surface area contributed by atoms with Gasteiger partial charge in [0.05, 0.1) is 11.1 Å². The molecule has 2 aromatic carbocycles. The number of ether oxygens (including phenoxy) is 2. The van der Waals surface area contributed by atoms with Crippen molar-refractivity contribution in [3.63, 3.8) is 0 Å². The summed E-state index contributed by atoms with van der Waals surface area (Å²) in [7, 11) is 0. The average molecular weight is 447 g/mol. The lowest BCUT2D eigenvalue weighted by Crippen LogP contribution is -2.45. The highest BCUT2D eigenvalue weighted by Crippen LogP contribution is 2.58. The largest absolute Gasteiger partial charge is 0.455 e. The van der Waals surface area contributed by atoms with Gasteiger partial charge < -0.3 is 9.47 Å². The standard InChI is InChI=1S/C29H34O4/c1-16-7-17(2)10-22(9-16)28(30)32-26-14-24-20-5-6-21(13-20)25(24)15-27(26)33-29(31)23-11-18(3)8-19(4)12-23/h7-12,20-21,24-27H,5-6,13-15H2,1-4H3. The maximum atomic E-state index is 13.1. The van der Waals surface area contributed by atoms with Crippen molar-refractivity contribution >= 4 is 11.9 Å². The Morgan fingerprint density at radius 1 is 0.606 bits per heavy atom. The topological polar surface area (TPSA) is 52.6 Å². The Morgan fingerprint density at radius 2 is 0.970 bits per heavy atom. The van der Waals surface area contributed by atoms with Crippen molar-refractivity contribution in [2.24, 2.45) is 23.7 Å². The molecule has 174 valence electrons. The molecule has 0 aromatic heterocycles. The SMILES string of the molecule is Cc1cc(C)cc(C(=O)OC2CC3C4CCC(C4)C3CC2OC(=O)c2cc(C)cc(C)c2)c1. The zero-order valence-electron chi connectivity index (χ0n) is 20.1. The first kappa shape index (κ1) is 22.2.